The standard InChI is InChI=1S/C9H20N3/c1-3-8-9-11-5-7-12(9,2)6-4-10-8/h8-11H,3-7H2,1-2H3/q+1. The Balaban J connectivity index is 2.12. The van der Waals surface area contributed by atoms with Crippen LogP contribution in [0.5, 0.6) is 0 Å². The third-order valence-corrected chi connectivity index (χ3v) is 3.50. The second-order valence-electron chi connectivity index (χ2n) is 4.29. The van der Waals surface area contributed by atoms with Gasteiger partial charge >= 0.3 is 0 Å². The van der Waals surface area contributed by atoms with Crippen LogP contribution in [0.1, 0.15) is 13.3 Å². The van der Waals surface area contributed by atoms with E-state index in [9.17, 15) is 0 Å². The van der Waals surface area contributed by atoms with Gasteiger partial charge in [0.25, 0.3) is 0 Å². The molecular formula is C9H20N3+. The Hall–Kier alpha value is -0.120. The molecule has 0 aromatic rings. The lowest BCUT2D eigenvalue weighted by Gasteiger charge is -2.43. The predicted molar refractivity (Wildman–Crippen MR) is 49.8 cm³/mol. The topological polar surface area (TPSA) is 24.1 Å². The van der Waals surface area contributed by atoms with Gasteiger partial charge in [-0.25, -0.2) is 0 Å². The average molecular weight is 170 g/mol. The lowest BCUT2D eigenvalue weighted by Crippen LogP contribution is -2.66. The summed E-state index contributed by atoms with van der Waals surface area (Å²) in [5, 5.41) is 7.20. The predicted octanol–water partition coefficient (Wildman–Crippen LogP) is -0.256. The molecule has 2 N–H and O–H groups in total. The number of hydrogen-bond donors (Lipinski definition) is 2. The third kappa shape index (κ3) is 1.16. The highest BCUT2D eigenvalue weighted by Crippen LogP contribution is 2.20. The van der Waals surface area contributed by atoms with E-state index in [-0.39, 0.29) is 0 Å². The van der Waals surface area contributed by atoms with Gasteiger partial charge in [-0.05, 0) is 6.42 Å². The maximum Gasteiger partial charge on any atom is 0.158 e. The minimum absolute atomic E-state index is 0.670. The summed E-state index contributed by atoms with van der Waals surface area (Å²) in [6.45, 7) is 7.25. The molecule has 0 bridgehead atoms. The molecule has 3 nitrogen and oxygen atoms in total. The highest BCUT2D eigenvalue weighted by molar-refractivity contribution is 4.82. The summed E-state index contributed by atoms with van der Waals surface area (Å²) >= 11 is 0. The van der Waals surface area contributed by atoms with Crippen molar-refractivity contribution in [1.82, 2.24) is 10.6 Å². The summed E-state index contributed by atoms with van der Waals surface area (Å²) in [6, 6.07) is 0.686. The minimum Gasteiger partial charge on any atom is -0.308 e. The number of fused-ring (bicyclic) bond motifs is 1. The van der Waals surface area contributed by atoms with Gasteiger partial charge in [0.1, 0.15) is 0 Å². The Labute approximate surface area is 74.7 Å². The van der Waals surface area contributed by atoms with Gasteiger partial charge in [-0.3, -0.25) is 5.32 Å². The second kappa shape index (κ2) is 2.98. The van der Waals surface area contributed by atoms with Gasteiger partial charge in [-0.15, -0.1) is 0 Å². The normalized spacial score (nSPS) is 47.5. The smallest absolute Gasteiger partial charge is 0.158 e. The number of quaternary nitrogens is 1. The lowest BCUT2D eigenvalue weighted by atomic mass is 10.1. The van der Waals surface area contributed by atoms with Crippen LogP contribution in [0.15, 0.2) is 0 Å². The number of rotatable bonds is 1. The molecule has 70 valence electrons. The van der Waals surface area contributed by atoms with Crippen molar-refractivity contribution < 1.29 is 4.48 Å². The molecule has 3 unspecified atom stereocenters. The molecule has 0 aliphatic carbocycles. The van der Waals surface area contributed by atoms with Crippen molar-refractivity contribution >= 4 is 0 Å². The average Bonchev–Trinajstić information content (AvgIpc) is 2.45. The largest absolute Gasteiger partial charge is 0.308 e. The van der Waals surface area contributed by atoms with Crippen molar-refractivity contribution in [3.8, 4) is 0 Å². The molecule has 2 aliphatic rings. The van der Waals surface area contributed by atoms with Crippen LogP contribution in [0.2, 0.25) is 0 Å². The summed E-state index contributed by atoms with van der Waals surface area (Å²) in [6.07, 6.45) is 1.91. The molecule has 3 heteroatoms. The SMILES string of the molecule is CCC1NCC[N+]2(C)CCNC12. The lowest BCUT2D eigenvalue weighted by molar-refractivity contribution is -0.926. The molecule has 0 saturated carbocycles. The van der Waals surface area contributed by atoms with Gasteiger partial charge in [0.15, 0.2) is 6.17 Å². The summed E-state index contributed by atoms with van der Waals surface area (Å²) in [7, 11) is 2.38. The zero-order chi connectivity index (χ0) is 8.60. The van der Waals surface area contributed by atoms with Crippen LogP contribution in [-0.2, 0) is 0 Å². The monoisotopic (exact) mass is 170 g/mol. The fourth-order valence-electron chi connectivity index (χ4n) is 2.64. The molecule has 0 spiro atoms. The Kier molecular flexibility index (Phi) is 2.10. The zero-order valence-electron chi connectivity index (χ0n) is 8.14. The fraction of sp³-hybridized carbons (Fsp3) is 1.00. The number of piperazine rings is 1. The summed E-state index contributed by atoms with van der Waals surface area (Å²) in [5.74, 6) is 0. The van der Waals surface area contributed by atoms with Crippen molar-refractivity contribution in [2.75, 3.05) is 33.2 Å². The van der Waals surface area contributed by atoms with E-state index in [1.54, 1.807) is 0 Å². The molecule has 0 radical (unpaired) electrons. The van der Waals surface area contributed by atoms with E-state index in [0.717, 1.165) is 0 Å². The third-order valence-electron chi connectivity index (χ3n) is 3.50. The van der Waals surface area contributed by atoms with Gasteiger partial charge in [0, 0.05) is 6.54 Å². The minimum atomic E-state index is 0.670. The van der Waals surface area contributed by atoms with Crippen molar-refractivity contribution in [1.29, 1.82) is 0 Å². The molecule has 0 aromatic carbocycles. The molecular weight excluding hydrogens is 150 g/mol. The molecule has 2 fully saturated rings. The van der Waals surface area contributed by atoms with Gasteiger partial charge < -0.3 is 9.80 Å². The van der Waals surface area contributed by atoms with Crippen LogP contribution in [0, 0.1) is 0 Å². The van der Waals surface area contributed by atoms with Gasteiger partial charge in [-0.2, -0.15) is 0 Å². The zero-order valence-corrected chi connectivity index (χ0v) is 8.14. The van der Waals surface area contributed by atoms with Gasteiger partial charge in [-0.1, -0.05) is 6.92 Å². The van der Waals surface area contributed by atoms with Crippen LogP contribution < -0.4 is 10.6 Å². The van der Waals surface area contributed by atoms with E-state index in [1.165, 1.54) is 37.1 Å². The Bertz CT molecular complexity index is 171. The molecule has 0 aromatic heterocycles. The van der Waals surface area contributed by atoms with E-state index < -0.39 is 0 Å². The number of likely N-dealkylation sites (N-methyl/N-ethyl adjacent to an activating group) is 1. The van der Waals surface area contributed by atoms with E-state index in [0.29, 0.717) is 12.2 Å². The molecule has 2 aliphatic heterocycles. The second-order valence-corrected chi connectivity index (χ2v) is 4.29. The van der Waals surface area contributed by atoms with Crippen molar-refractivity contribution in [3.63, 3.8) is 0 Å². The fourth-order valence-corrected chi connectivity index (χ4v) is 2.64. The quantitative estimate of drug-likeness (QED) is 0.530. The highest BCUT2D eigenvalue weighted by atomic mass is 15.5. The van der Waals surface area contributed by atoms with E-state index >= 15 is 0 Å². The van der Waals surface area contributed by atoms with E-state index in [2.05, 4.69) is 24.6 Å². The van der Waals surface area contributed by atoms with Gasteiger partial charge in [0.05, 0.1) is 32.7 Å². The number of nitrogens with zero attached hydrogens (tertiary/aromatic N) is 1. The first-order chi connectivity index (χ1) is 5.76. The maximum atomic E-state index is 3.61. The maximum absolute atomic E-state index is 3.61. The molecule has 2 heterocycles. The first kappa shape index (κ1) is 8.48. The van der Waals surface area contributed by atoms with Crippen molar-refractivity contribution in [3.05, 3.63) is 0 Å². The van der Waals surface area contributed by atoms with Crippen molar-refractivity contribution in [2.24, 2.45) is 0 Å². The Morgan fingerprint density at radius 3 is 2.58 bits per heavy atom. The van der Waals surface area contributed by atoms with Crippen molar-refractivity contribution in [2.45, 2.75) is 25.6 Å². The number of hydrogen-bond acceptors (Lipinski definition) is 2. The summed E-state index contributed by atoms with van der Waals surface area (Å²) in [4.78, 5) is 0. The highest BCUT2D eigenvalue weighted by Gasteiger charge is 2.44. The Morgan fingerprint density at radius 1 is 1.25 bits per heavy atom. The van der Waals surface area contributed by atoms with E-state index in [4.69, 9.17) is 0 Å². The molecule has 2 rings (SSSR count). The van der Waals surface area contributed by atoms with Crippen LogP contribution in [0.25, 0.3) is 0 Å². The molecule has 3 atom stereocenters. The van der Waals surface area contributed by atoms with Crippen LogP contribution in [0.3, 0.4) is 0 Å². The molecule has 12 heavy (non-hydrogen) atoms. The van der Waals surface area contributed by atoms with Crippen LogP contribution in [0.4, 0.5) is 0 Å². The summed E-state index contributed by atoms with van der Waals surface area (Å²) in [5.41, 5.74) is 0. The van der Waals surface area contributed by atoms with Crippen LogP contribution in [-0.4, -0.2) is 49.9 Å². The molecule has 0 amide bonds. The number of nitrogens with one attached hydrogen (secondary N) is 2. The first-order valence-corrected chi connectivity index (χ1v) is 5.07. The summed E-state index contributed by atoms with van der Waals surface area (Å²) < 4.78 is 1.24. The van der Waals surface area contributed by atoms with Gasteiger partial charge in [0.2, 0.25) is 0 Å². The van der Waals surface area contributed by atoms with E-state index in [1.807, 2.05) is 0 Å². The first-order valence-electron chi connectivity index (χ1n) is 5.07. The van der Waals surface area contributed by atoms with Crippen LogP contribution >= 0.6 is 0 Å². The Morgan fingerprint density at radius 2 is 1.92 bits per heavy atom. The molecule has 2 saturated heterocycles.